The maximum Gasteiger partial charge on any atom is 0.224 e. The third-order valence-corrected chi connectivity index (χ3v) is 4.18. The summed E-state index contributed by atoms with van der Waals surface area (Å²) in [5.74, 6) is 1.85. The van der Waals surface area contributed by atoms with E-state index in [-0.39, 0.29) is 24.5 Å². The zero-order chi connectivity index (χ0) is 20.5. The summed E-state index contributed by atoms with van der Waals surface area (Å²) in [4.78, 5) is 24.5. The molecule has 0 aliphatic heterocycles. The predicted octanol–water partition coefficient (Wildman–Crippen LogP) is 5.48. The zero-order valence-corrected chi connectivity index (χ0v) is 16.3. The number of anilines is 1. The average molecular weight is 389 g/mol. The molecule has 0 bridgehead atoms. The first-order chi connectivity index (χ1) is 14.1. The number of nitrogens with one attached hydrogen (secondary N) is 1. The van der Waals surface area contributed by atoms with Crippen molar-refractivity contribution in [2.45, 2.75) is 19.8 Å². The van der Waals surface area contributed by atoms with Crippen molar-refractivity contribution in [2.75, 3.05) is 11.9 Å². The van der Waals surface area contributed by atoms with Crippen LogP contribution in [0, 0.1) is 0 Å². The van der Waals surface area contributed by atoms with Crippen LogP contribution in [0.15, 0.2) is 78.9 Å². The number of rotatable bonds is 9. The van der Waals surface area contributed by atoms with Gasteiger partial charge in [-0.05, 0) is 67.6 Å². The van der Waals surface area contributed by atoms with Gasteiger partial charge < -0.3 is 14.8 Å². The van der Waals surface area contributed by atoms with Crippen LogP contribution >= 0.6 is 0 Å². The van der Waals surface area contributed by atoms with Gasteiger partial charge in [-0.3, -0.25) is 9.59 Å². The van der Waals surface area contributed by atoms with Crippen molar-refractivity contribution < 1.29 is 19.1 Å². The SMILES string of the molecule is CCOc1ccc(NC(=O)CCC(=O)c2ccc(Oc3ccccc3)cc2)cc1. The molecule has 0 atom stereocenters. The van der Waals surface area contributed by atoms with Crippen LogP contribution in [0.4, 0.5) is 5.69 Å². The summed E-state index contributed by atoms with van der Waals surface area (Å²) in [5, 5.41) is 2.79. The Kier molecular flexibility index (Phi) is 7.00. The van der Waals surface area contributed by atoms with Crippen molar-refractivity contribution in [3.8, 4) is 17.2 Å². The molecule has 0 saturated carbocycles. The lowest BCUT2D eigenvalue weighted by Crippen LogP contribution is -2.13. The van der Waals surface area contributed by atoms with Crippen LogP contribution < -0.4 is 14.8 Å². The summed E-state index contributed by atoms with van der Waals surface area (Å²) in [6.07, 6.45) is 0.260. The minimum Gasteiger partial charge on any atom is -0.494 e. The highest BCUT2D eigenvalue weighted by Crippen LogP contribution is 2.22. The third-order valence-electron chi connectivity index (χ3n) is 4.18. The van der Waals surface area contributed by atoms with E-state index >= 15 is 0 Å². The van der Waals surface area contributed by atoms with Gasteiger partial charge in [-0.1, -0.05) is 18.2 Å². The fourth-order valence-corrected chi connectivity index (χ4v) is 2.73. The normalized spacial score (nSPS) is 10.2. The molecule has 0 unspecified atom stereocenters. The fraction of sp³-hybridized carbons (Fsp3) is 0.167. The number of Topliss-reactive ketones (excluding diaryl/α,β-unsaturated/α-hetero) is 1. The summed E-state index contributed by atoms with van der Waals surface area (Å²) >= 11 is 0. The molecule has 1 amide bonds. The maximum absolute atomic E-state index is 12.4. The Bertz CT molecular complexity index is 935. The highest BCUT2D eigenvalue weighted by Gasteiger charge is 2.10. The molecule has 0 aliphatic carbocycles. The minimum atomic E-state index is -0.202. The van der Waals surface area contributed by atoms with Crippen LogP contribution in [-0.4, -0.2) is 18.3 Å². The van der Waals surface area contributed by atoms with Crippen molar-refractivity contribution in [1.82, 2.24) is 0 Å². The highest BCUT2D eigenvalue weighted by molar-refractivity contribution is 6.00. The number of hydrogen-bond acceptors (Lipinski definition) is 4. The molecule has 5 heteroatoms. The number of carbonyl (C=O) groups is 2. The Hall–Kier alpha value is -3.60. The van der Waals surface area contributed by atoms with E-state index in [0.29, 0.717) is 23.6 Å². The number of benzene rings is 3. The number of ether oxygens (including phenoxy) is 2. The average Bonchev–Trinajstić information content (AvgIpc) is 2.75. The van der Waals surface area contributed by atoms with Gasteiger partial charge in [-0.15, -0.1) is 0 Å². The number of ketones is 1. The number of carbonyl (C=O) groups excluding carboxylic acids is 2. The molecule has 1 N–H and O–H groups in total. The number of para-hydroxylation sites is 1. The summed E-state index contributed by atoms with van der Waals surface area (Å²) in [7, 11) is 0. The third kappa shape index (κ3) is 6.21. The topological polar surface area (TPSA) is 64.6 Å². The molecular formula is C24H23NO4. The van der Waals surface area contributed by atoms with E-state index in [1.54, 1.807) is 48.5 Å². The summed E-state index contributed by atoms with van der Waals surface area (Å²) in [5.41, 5.74) is 1.23. The lowest BCUT2D eigenvalue weighted by molar-refractivity contribution is -0.116. The molecule has 3 aromatic rings. The van der Waals surface area contributed by atoms with Gasteiger partial charge in [0.15, 0.2) is 5.78 Å². The lowest BCUT2D eigenvalue weighted by atomic mass is 10.1. The molecule has 0 radical (unpaired) electrons. The molecule has 0 saturated heterocycles. The Morgan fingerprint density at radius 2 is 1.38 bits per heavy atom. The van der Waals surface area contributed by atoms with Crippen LogP contribution in [0.25, 0.3) is 0 Å². The van der Waals surface area contributed by atoms with Gasteiger partial charge in [0.05, 0.1) is 6.61 Å². The van der Waals surface area contributed by atoms with E-state index in [4.69, 9.17) is 9.47 Å². The Labute approximate surface area is 170 Å². The largest absolute Gasteiger partial charge is 0.494 e. The second-order valence-electron chi connectivity index (χ2n) is 6.37. The van der Waals surface area contributed by atoms with E-state index in [1.165, 1.54) is 0 Å². The lowest BCUT2D eigenvalue weighted by Gasteiger charge is -2.08. The van der Waals surface area contributed by atoms with Gasteiger partial charge in [0.25, 0.3) is 0 Å². The molecule has 148 valence electrons. The van der Waals surface area contributed by atoms with Crippen LogP contribution in [0.2, 0.25) is 0 Å². The summed E-state index contributed by atoms with van der Waals surface area (Å²) in [6.45, 7) is 2.50. The fourth-order valence-electron chi connectivity index (χ4n) is 2.73. The second kappa shape index (κ2) is 10.1. The van der Waals surface area contributed by atoms with Crippen molar-refractivity contribution in [2.24, 2.45) is 0 Å². The molecule has 5 nitrogen and oxygen atoms in total. The van der Waals surface area contributed by atoms with E-state index in [0.717, 1.165) is 11.5 Å². The van der Waals surface area contributed by atoms with Crippen LogP contribution in [0.5, 0.6) is 17.2 Å². The van der Waals surface area contributed by atoms with Crippen LogP contribution in [0.3, 0.4) is 0 Å². The molecule has 0 fully saturated rings. The first-order valence-corrected chi connectivity index (χ1v) is 9.53. The van der Waals surface area contributed by atoms with E-state index in [9.17, 15) is 9.59 Å². The smallest absolute Gasteiger partial charge is 0.224 e. The molecule has 3 rings (SSSR count). The number of hydrogen-bond donors (Lipinski definition) is 1. The molecular weight excluding hydrogens is 366 g/mol. The van der Waals surface area contributed by atoms with E-state index in [1.807, 2.05) is 37.3 Å². The van der Waals surface area contributed by atoms with Gasteiger partial charge in [0.1, 0.15) is 17.2 Å². The van der Waals surface area contributed by atoms with Crippen LogP contribution in [0.1, 0.15) is 30.1 Å². The van der Waals surface area contributed by atoms with Crippen molar-refractivity contribution in [3.05, 3.63) is 84.4 Å². The zero-order valence-electron chi connectivity index (χ0n) is 16.3. The molecule has 0 aromatic heterocycles. The molecule has 0 heterocycles. The van der Waals surface area contributed by atoms with Gasteiger partial charge in [-0.2, -0.15) is 0 Å². The van der Waals surface area contributed by atoms with E-state index < -0.39 is 0 Å². The standard InChI is InChI=1S/C24H23NO4/c1-2-28-20-14-10-19(11-15-20)25-24(27)17-16-23(26)18-8-12-22(13-9-18)29-21-6-4-3-5-7-21/h3-15H,2,16-17H2,1H3,(H,25,27). The van der Waals surface area contributed by atoms with Crippen molar-refractivity contribution in [3.63, 3.8) is 0 Å². The van der Waals surface area contributed by atoms with Gasteiger partial charge in [-0.25, -0.2) is 0 Å². The quantitative estimate of drug-likeness (QED) is 0.492. The van der Waals surface area contributed by atoms with Crippen molar-refractivity contribution >= 4 is 17.4 Å². The molecule has 3 aromatic carbocycles. The maximum atomic E-state index is 12.4. The van der Waals surface area contributed by atoms with Crippen LogP contribution in [-0.2, 0) is 4.79 Å². The van der Waals surface area contributed by atoms with Gasteiger partial charge >= 0.3 is 0 Å². The first-order valence-electron chi connectivity index (χ1n) is 9.53. The molecule has 0 spiro atoms. The van der Waals surface area contributed by atoms with Gasteiger partial charge in [0.2, 0.25) is 5.91 Å². The van der Waals surface area contributed by atoms with Gasteiger partial charge in [0, 0.05) is 24.1 Å². The second-order valence-corrected chi connectivity index (χ2v) is 6.37. The number of amides is 1. The monoisotopic (exact) mass is 389 g/mol. The predicted molar refractivity (Wildman–Crippen MR) is 113 cm³/mol. The highest BCUT2D eigenvalue weighted by atomic mass is 16.5. The van der Waals surface area contributed by atoms with E-state index in [2.05, 4.69) is 5.32 Å². The summed E-state index contributed by atoms with van der Waals surface area (Å²) < 4.78 is 11.1. The molecule has 29 heavy (non-hydrogen) atoms. The first kappa shape index (κ1) is 20.1. The van der Waals surface area contributed by atoms with Crippen molar-refractivity contribution in [1.29, 1.82) is 0 Å². The summed E-state index contributed by atoms with van der Waals surface area (Å²) in [6, 6.07) is 23.5. The Balaban J connectivity index is 1.47. The Morgan fingerprint density at radius 1 is 0.759 bits per heavy atom. The minimum absolute atomic E-state index is 0.0851. The molecule has 0 aliphatic rings. The Morgan fingerprint density at radius 3 is 2.03 bits per heavy atom.